The number of carbonyl (C=O) groups excluding carboxylic acids is 1. The molecule has 7 heteroatoms. The Morgan fingerprint density at radius 1 is 1.56 bits per heavy atom. The number of nitrogens with zero attached hydrogens (tertiary/aromatic N) is 3. The summed E-state index contributed by atoms with van der Waals surface area (Å²) in [5, 5.41) is 11.4. The van der Waals surface area contributed by atoms with Crippen LogP contribution in [0.5, 0.6) is 0 Å². The molecule has 0 aliphatic rings. The Morgan fingerprint density at radius 3 is 2.56 bits per heavy atom. The fourth-order valence-corrected chi connectivity index (χ4v) is 2.11. The third kappa shape index (κ3) is 2.90. The molecule has 6 nitrogen and oxygen atoms in total. The van der Waals surface area contributed by atoms with Crippen molar-refractivity contribution in [2.45, 2.75) is 19.9 Å². The molecule has 1 aromatic heterocycles. The highest BCUT2D eigenvalue weighted by Gasteiger charge is 2.26. The van der Waals surface area contributed by atoms with E-state index in [4.69, 9.17) is 0 Å². The zero-order valence-electron chi connectivity index (χ0n) is 10.6. The molecule has 1 rings (SSSR count). The first-order chi connectivity index (χ1) is 8.40. The lowest BCUT2D eigenvalue weighted by atomic mass is 10.2. The molecule has 0 N–H and O–H groups in total. The minimum absolute atomic E-state index is 0.0454. The summed E-state index contributed by atoms with van der Waals surface area (Å²) in [6.45, 7) is 4.39. The Morgan fingerprint density at radius 2 is 2.17 bits per heavy atom. The van der Waals surface area contributed by atoms with E-state index in [0.717, 1.165) is 0 Å². The normalized spacial score (nSPS) is 10.7. The van der Waals surface area contributed by atoms with Crippen molar-refractivity contribution in [3.05, 3.63) is 27.9 Å². The summed E-state index contributed by atoms with van der Waals surface area (Å²) in [5.74, 6) is -0.277. The smallest absolute Gasteiger partial charge is 0.323 e. The van der Waals surface area contributed by atoms with Crippen molar-refractivity contribution in [2.24, 2.45) is 7.05 Å². The Balaban J connectivity index is 3.06. The zero-order valence-corrected chi connectivity index (χ0v) is 12.2. The van der Waals surface area contributed by atoms with Gasteiger partial charge in [-0.3, -0.25) is 4.79 Å². The van der Waals surface area contributed by atoms with Gasteiger partial charge >= 0.3 is 5.82 Å². The van der Waals surface area contributed by atoms with Crippen molar-refractivity contribution in [3.8, 4) is 0 Å². The van der Waals surface area contributed by atoms with Crippen molar-refractivity contribution in [2.75, 3.05) is 11.9 Å². The van der Waals surface area contributed by atoms with Gasteiger partial charge < -0.3 is 15.0 Å². The number of hydrogen-bond acceptors (Lipinski definition) is 3. The van der Waals surface area contributed by atoms with Gasteiger partial charge in [0.2, 0.25) is 0 Å². The summed E-state index contributed by atoms with van der Waals surface area (Å²) in [6, 6.07) is 2.88. The summed E-state index contributed by atoms with van der Waals surface area (Å²) in [5.41, 5.74) is 0.330. The molecule has 0 saturated carbocycles. The van der Waals surface area contributed by atoms with E-state index in [2.05, 4.69) is 15.9 Å². The number of amides is 1. The average Bonchev–Trinajstić information content (AvgIpc) is 2.66. The molecule has 0 aliphatic heterocycles. The summed E-state index contributed by atoms with van der Waals surface area (Å²) in [6.07, 6.45) is 0. The second-order valence-corrected chi connectivity index (χ2v) is 4.97. The number of halogens is 1. The largest absolute Gasteiger partial charge is 0.358 e. The van der Waals surface area contributed by atoms with E-state index in [-0.39, 0.29) is 17.8 Å². The van der Waals surface area contributed by atoms with Gasteiger partial charge in [-0.05, 0) is 24.8 Å². The van der Waals surface area contributed by atoms with Crippen molar-refractivity contribution < 1.29 is 9.72 Å². The highest BCUT2D eigenvalue weighted by molar-refractivity contribution is 9.09. The predicted octanol–water partition coefficient (Wildman–Crippen LogP) is 2.18. The lowest BCUT2D eigenvalue weighted by molar-refractivity contribution is -0.391. The molecule has 0 fully saturated rings. The number of alkyl halides is 1. The fourth-order valence-electron chi connectivity index (χ4n) is 1.73. The molecule has 0 saturated heterocycles. The van der Waals surface area contributed by atoms with E-state index in [1.54, 1.807) is 4.90 Å². The molecule has 1 heterocycles. The second kappa shape index (κ2) is 5.99. The van der Waals surface area contributed by atoms with Crippen molar-refractivity contribution in [1.82, 2.24) is 9.47 Å². The number of carbonyl (C=O) groups is 1. The van der Waals surface area contributed by atoms with Gasteiger partial charge in [0.25, 0.3) is 5.91 Å². The third-order valence-electron chi connectivity index (χ3n) is 2.71. The molecule has 1 amide bonds. The quantitative estimate of drug-likeness (QED) is 0.475. The van der Waals surface area contributed by atoms with E-state index >= 15 is 0 Å². The first kappa shape index (κ1) is 14.7. The maximum Gasteiger partial charge on any atom is 0.323 e. The highest BCUT2D eigenvalue weighted by Crippen LogP contribution is 2.17. The lowest BCUT2D eigenvalue weighted by Crippen LogP contribution is -2.39. The van der Waals surface area contributed by atoms with E-state index in [9.17, 15) is 14.9 Å². The maximum absolute atomic E-state index is 12.3. The molecule has 0 aliphatic carbocycles. The number of aromatic nitrogens is 1. The SMILES string of the molecule is CC(C)N(CCBr)C(=O)c1ccc([N+](=O)[O-])n1C. The molecule has 0 atom stereocenters. The van der Waals surface area contributed by atoms with Crippen LogP contribution in [0.1, 0.15) is 24.3 Å². The first-order valence-electron chi connectivity index (χ1n) is 5.57. The van der Waals surface area contributed by atoms with Gasteiger partial charge in [0.1, 0.15) is 0 Å². The maximum atomic E-state index is 12.3. The third-order valence-corrected chi connectivity index (χ3v) is 3.07. The van der Waals surface area contributed by atoms with Crippen LogP contribution < -0.4 is 0 Å². The standard InChI is InChI=1S/C11H16BrN3O3/c1-8(2)14(7-6-12)11(16)9-4-5-10(13(9)3)15(17)18/h4-5,8H,6-7H2,1-3H3. The highest BCUT2D eigenvalue weighted by atomic mass is 79.9. The minimum atomic E-state index is -0.499. The van der Waals surface area contributed by atoms with Crippen LogP contribution in [0, 0.1) is 10.1 Å². The molecule has 0 spiro atoms. The Labute approximate surface area is 114 Å². The summed E-state index contributed by atoms with van der Waals surface area (Å²) >= 11 is 3.30. The van der Waals surface area contributed by atoms with Crippen LogP contribution in [-0.4, -0.2) is 38.2 Å². The Hall–Kier alpha value is -1.37. The summed E-state index contributed by atoms with van der Waals surface area (Å²) < 4.78 is 1.31. The molecule has 0 bridgehead atoms. The molecule has 18 heavy (non-hydrogen) atoms. The first-order valence-corrected chi connectivity index (χ1v) is 6.69. The van der Waals surface area contributed by atoms with Crippen LogP contribution in [0.15, 0.2) is 12.1 Å². The van der Waals surface area contributed by atoms with Crippen LogP contribution in [0.4, 0.5) is 5.82 Å². The van der Waals surface area contributed by atoms with E-state index < -0.39 is 4.92 Å². The number of nitro groups is 1. The van der Waals surface area contributed by atoms with Crippen LogP contribution in [0.25, 0.3) is 0 Å². The fraction of sp³-hybridized carbons (Fsp3) is 0.545. The second-order valence-electron chi connectivity index (χ2n) is 4.17. The van der Waals surface area contributed by atoms with Crippen LogP contribution >= 0.6 is 15.9 Å². The van der Waals surface area contributed by atoms with Gasteiger partial charge in [-0.15, -0.1) is 0 Å². The molecule has 0 radical (unpaired) electrons. The molecule has 0 aromatic carbocycles. The molecular formula is C11H16BrN3O3. The molecule has 1 aromatic rings. The van der Waals surface area contributed by atoms with E-state index in [1.165, 1.54) is 23.7 Å². The topological polar surface area (TPSA) is 68.4 Å². The van der Waals surface area contributed by atoms with Crippen LogP contribution in [-0.2, 0) is 7.05 Å². The van der Waals surface area contributed by atoms with Gasteiger partial charge in [-0.2, -0.15) is 0 Å². The van der Waals surface area contributed by atoms with Crippen molar-refractivity contribution in [3.63, 3.8) is 0 Å². The summed E-state index contributed by atoms with van der Waals surface area (Å²) in [4.78, 5) is 24.2. The average molecular weight is 318 g/mol. The number of rotatable bonds is 5. The molecule has 100 valence electrons. The Kier molecular flexibility index (Phi) is 4.89. The van der Waals surface area contributed by atoms with Crippen molar-refractivity contribution in [1.29, 1.82) is 0 Å². The zero-order chi connectivity index (χ0) is 13.9. The van der Waals surface area contributed by atoms with Gasteiger partial charge in [0.15, 0.2) is 5.69 Å². The Bertz CT molecular complexity index is 456. The van der Waals surface area contributed by atoms with Crippen LogP contribution in [0.3, 0.4) is 0 Å². The van der Waals surface area contributed by atoms with E-state index in [0.29, 0.717) is 17.6 Å². The minimum Gasteiger partial charge on any atom is -0.358 e. The van der Waals surface area contributed by atoms with Crippen LogP contribution in [0.2, 0.25) is 0 Å². The van der Waals surface area contributed by atoms with Crippen molar-refractivity contribution >= 4 is 27.7 Å². The monoisotopic (exact) mass is 317 g/mol. The van der Waals surface area contributed by atoms with Gasteiger partial charge in [0.05, 0.1) is 7.05 Å². The molecule has 0 unspecified atom stereocenters. The van der Waals surface area contributed by atoms with Gasteiger partial charge in [-0.25, -0.2) is 4.57 Å². The number of hydrogen-bond donors (Lipinski definition) is 0. The summed E-state index contributed by atoms with van der Waals surface area (Å²) in [7, 11) is 1.53. The van der Waals surface area contributed by atoms with Gasteiger partial charge in [-0.1, -0.05) is 15.9 Å². The van der Waals surface area contributed by atoms with Gasteiger partial charge in [0, 0.05) is 24.0 Å². The van der Waals surface area contributed by atoms with E-state index in [1.807, 2.05) is 13.8 Å². The lowest BCUT2D eigenvalue weighted by Gasteiger charge is -2.25. The molecular weight excluding hydrogens is 302 g/mol. The predicted molar refractivity (Wildman–Crippen MR) is 72.0 cm³/mol.